The second-order valence-electron chi connectivity index (χ2n) is 10.4. The van der Waals surface area contributed by atoms with Gasteiger partial charge in [-0.3, -0.25) is 13.7 Å². The Labute approximate surface area is 234 Å². The van der Waals surface area contributed by atoms with Crippen LogP contribution in [-0.2, 0) is 7.05 Å². The highest BCUT2D eigenvalue weighted by molar-refractivity contribution is 6.11. The molecule has 0 spiro atoms. The van der Waals surface area contributed by atoms with Crippen LogP contribution in [0.2, 0.25) is 0 Å². The van der Waals surface area contributed by atoms with E-state index in [1.54, 1.807) is 0 Å². The van der Waals surface area contributed by atoms with Gasteiger partial charge in [-0.2, -0.15) is 0 Å². The van der Waals surface area contributed by atoms with Gasteiger partial charge in [0.15, 0.2) is 0 Å². The third kappa shape index (κ3) is 3.05. The van der Waals surface area contributed by atoms with Crippen molar-refractivity contribution in [2.75, 3.05) is 0 Å². The number of imidazole rings is 1. The zero-order valence-corrected chi connectivity index (χ0v) is 22.2. The number of nitrogens with zero attached hydrogens (tertiary/aromatic N) is 7. The molecule has 0 amide bonds. The van der Waals surface area contributed by atoms with E-state index in [4.69, 9.17) is 9.97 Å². The van der Waals surface area contributed by atoms with Gasteiger partial charge in [0.2, 0.25) is 5.95 Å². The second-order valence-corrected chi connectivity index (χ2v) is 10.4. The van der Waals surface area contributed by atoms with Crippen LogP contribution in [0.4, 0.5) is 0 Å². The number of benzene rings is 3. The van der Waals surface area contributed by atoms with Crippen molar-refractivity contribution in [2.24, 2.45) is 7.05 Å². The van der Waals surface area contributed by atoms with Crippen LogP contribution in [0.25, 0.3) is 72.2 Å². The Morgan fingerprint density at radius 3 is 2.15 bits per heavy atom. The van der Waals surface area contributed by atoms with E-state index in [2.05, 4.69) is 105 Å². The Balaban J connectivity index is 1.35. The summed E-state index contributed by atoms with van der Waals surface area (Å²) >= 11 is 0. The fraction of sp³-hybridized carbons (Fsp3) is 0.0294. The molecule has 0 saturated heterocycles. The number of hydrogen-bond acceptors (Lipinski definition) is 3. The van der Waals surface area contributed by atoms with Crippen molar-refractivity contribution in [3.8, 4) is 17.5 Å². The molecule has 194 valence electrons. The Morgan fingerprint density at radius 1 is 0.561 bits per heavy atom. The lowest BCUT2D eigenvalue weighted by molar-refractivity contribution is 0.829. The van der Waals surface area contributed by atoms with E-state index >= 15 is 0 Å². The van der Waals surface area contributed by atoms with Crippen molar-refractivity contribution in [1.29, 1.82) is 0 Å². The van der Waals surface area contributed by atoms with E-state index < -0.39 is 0 Å². The zero-order chi connectivity index (χ0) is 27.1. The Kier molecular flexibility index (Phi) is 4.41. The molecule has 0 fully saturated rings. The van der Waals surface area contributed by atoms with E-state index in [1.165, 1.54) is 16.2 Å². The molecule has 0 aliphatic rings. The fourth-order valence-corrected chi connectivity index (χ4v) is 6.28. The smallest absolute Gasteiger partial charge is 0.215 e. The van der Waals surface area contributed by atoms with E-state index in [1.807, 2.05) is 47.0 Å². The summed E-state index contributed by atoms with van der Waals surface area (Å²) in [6, 6.07) is 34.2. The van der Waals surface area contributed by atoms with Crippen molar-refractivity contribution in [1.82, 2.24) is 33.2 Å². The summed E-state index contributed by atoms with van der Waals surface area (Å²) < 4.78 is 8.57. The lowest BCUT2D eigenvalue weighted by Gasteiger charge is -2.11. The monoisotopic (exact) mass is 529 g/mol. The molecular formula is C34H23N7. The maximum Gasteiger partial charge on any atom is 0.215 e. The minimum absolute atomic E-state index is 0.827. The third-order valence-corrected chi connectivity index (χ3v) is 8.11. The summed E-state index contributed by atoms with van der Waals surface area (Å²) in [5, 5.41) is 5.77. The molecule has 0 aliphatic carbocycles. The molecule has 6 aromatic heterocycles. The minimum atomic E-state index is 0.827. The van der Waals surface area contributed by atoms with Crippen LogP contribution >= 0.6 is 0 Å². The predicted molar refractivity (Wildman–Crippen MR) is 164 cm³/mol. The highest BCUT2D eigenvalue weighted by Gasteiger charge is 2.18. The first-order valence-electron chi connectivity index (χ1n) is 13.6. The normalized spacial score (nSPS) is 12.0. The molecule has 0 bridgehead atoms. The Hall–Kier alpha value is -5.69. The van der Waals surface area contributed by atoms with Crippen LogP contribution in [0.15, 0.2) is 122 Å². The van der Waals surface area contributed by atoms with Gasteiger partial charge in [0.25, 0.3) is 0 Å². The number of hydrogen-bond donors (Lipinski definition) is 0. The summed E-state index contributed by atoms with van der Waals surface area (Å²) in [6.07, 6.45) is 7.65. The Morgan fingerprint density at radius 2 is 1.32 bits per heavy atom. The van der Waals surface area contributed by atoms with Crippen LogP contribution in [0, 0.1) is 0 Å². The number of pyridine rings is 2. The maximum absolute atomic E-state index is 5.22. The lowest BCUT2D eigenvalue weighted by atomic mass is 10.1. The topological polar surface area (TPSA) is 58.4 Å². The van der Waals surface area contributed by atoms with Crippen LogP contribution in [0.5, 0.6) is 0 Å². The highest BCUT2D eigenvalue weighted by Crippen LogP contribution is 2.36. The van der Waals surface area contributed by atoms with E-state index in [0.29, 0.717) is 0 Å². The van der Waals surface area contributed by atoms with Gasteiger partial charge < -0.3 is 4.57 Å². The van der Waals surface area contributed by atoms with Gasteiger partial charge in [0.05, 0.1) is 16.6 Å². The number of aromatic nitrogens is 7. The zero-order valence-electron chi connectivity index (χ0n) is 22.2. The molecule has 41 heavy (non-hydrogen) atoms. The maximum atomic E-state index is 5.22. The molecule has 0 saturated carbocycles. The molecule has 0 unspecified atom stereocenters. The molecule has 0 N–H and O–H groups in total. The summed E-state index contributed by atoms with van der Waals surface area (Å²) in [6.45, 7) is 0. The largest absolute Gasteiger partial charge is 0.320 e. The third-order valence-electron chi connectivity index (χ3n) is 8.11. The van der Waals surface area contributed by atoms with Crippen LogP contribution in [0.1, 0.15) is 0 Å². The van der Waals surface area contributed by atoms with Gasteiger partial charge >= 0.3 is 0 Å². The van der Waals surface area contributed by atoms with E-state index in [0.717, 1.165) is 56.1 Å². The molecule has 0 atom stereocenters. The average molecular weight is 530 g/mol. The van der Waals surface area contributed by atoms with Gasteiger partial charge in [0.1, 0.15) is 17.1 Å². The van der Waals surface area contributed by atoms with Crippen molar-refractivity contribution in [2.45, 2.75) is 0 Å². The first-order valence-corrected chi connectivity index (χ1v) is 13.6. The number of rotatable bonds is 3. The second kappa shape index (κ2) is 8.16. The summed E-state index contributed by atoms with van der Waals surface area (Å²) in [5.74, 6) is 1.68. The van der Waals surface area contributed by atoms with Gasteiger partial charge in [-0.25, -0.2) is 15.0 Å². The van der Waals surface area contributed by atoms with Crippen molar-refractivity contribution >= 4 is 54.8 Å². The first kappa shape index (κ1) is 22.2. The fourth-order valence-electron chi connectivity index (χ4n) is 6.28. The molecule has 9 rings (SSSR count). The molecule has 7 nitrogen and oxygen atoms in total. The molecule has 0 radical (unpaired) electrons. The highest BCUT2D eigenvalue weighted by atomic mass is 15.2. The van der Waals surface area contributed by atoms with Crippen LogP contribution in [0.3, 0.4) is 0 Å². The lowest BCUT2D eigenvalue weighted by Crippen LogP contribution is -2.04. The van der Waals surface area contributed by atoms with Crippen molar-refractivity contribution in [3.63, 3.8) is 0 Å². The molecule has 3 aromatic carbocycles. The molecular weight excluding hydrogens is 506 g/mol. The number of para-hydroxylation sites is 2. The standard InChI is InChI=1S/C34H23N7/c1-38-20-18-36-34(38)39-19-16-22-12-15-31(37-32(22)39)41-29-11-5-2-7-24(29)26-14-13-23(21-30(26)41)40-28-10-4-3-8-25(28)27-9-6-17-35-33(27)40/h2-21H,1H3. The van der Waals surface area contributed by atoms with Gasteiger partial charge in [-0.05, 0) is 54.6 Å². The minimum Gasteiger partial charge on any atom is -0.320 e. The average Bonchev–Trinajstić information content (AvgIpc) is 3.78. The van der Waals surface area contributed by atoms with Gasteiger partial charge in [-0.15, -0.1) is 0 Å². The quantitative estimate of drug-likeness (QED) is 0.240. The van der Waals surface area contributed by atoms with E-state index in [-0.39, 0.29) is 0 Å². The molecule has 7 heteroatoms. The summed E-state index contributed by atoms with van der Waals surface area (Å²) in [7, 11) is 2.00. The molecule has 6 heterocycles. The predicted octanol–water partition coefficient (Wildman–Crippen LogP) is 7.35. The van der Waals surface area contributed by atoms with E-state index in [9.17, 15) is 0 Å². The SMILES string of the molecule is Cn1ccnc1-n1ccc2ccc(-n3c4ccccc4c4ccc(-n5c6ccccc6c6cccnc65)cc43)nc21. The number of aryl methyl sites for hydroxylation is 1. The summed E-state index contributed by atoms with van der Waals surface area (Å²) in [4.78, 5) is 14.6. The van der Waals surface area contributed by atoms with Gasteiger partial charge in [-0.1, -0.05) is 42.5 Å². The van der Waals surface area contributed by atoms with Crippen LogP contribution in [-0.4, -0.2) is 33.2 Å². The van der Waals surface area contributed by atoms with Crippen molar-refractivity contribution in [3.05, 3.63) is 122 Å². The van der Waals surface area contributed by atoms with Gasteiger partial charge in [0, 0.05) is 64.5 Å². The first-order chi connectivity index (χ1) is 20.3. The van der Waals surface area contributed by atoms with Crippen molar-refractivity contribution < 1.29 is 0 Å². The molecule has 0 aliphatic heterocycles. The molecule has 9 aromatic rings. The Bertz CT molecular complexity index is 2400. The van der Waals surface area contributed by atoms with Crippen LogP contribution < -0.4 is 0 Å². The number of fused-ring (bicyclic) bond motifs is 7. The summed E-state index contributed by atoms with van der Waals surface area (Å²) in [5.41, 5.74) is 6.21.